The quantitative estimate of drug-likeness (QED) is 0.726. The Morgan fingerprint density at radius 2 is 1.97 bits per heavy atom. The van der Waals surface area contributed by atoms with Crippen molar-refractivity contribution < 1.29 is 14.4 Å². The Morgan fingerprint density at radius 1 is 1.23 bits per heavy atom. The van der Waals surface area contributed by atoms with Crippen LogP contribution in [-0.2, 0) is 0 Å². The van der Waals surface area contributed by atoms with Crippen molar-refractivity contribution in [2.24, 2.45) is 17.3 Å². The molecule has 30 heavy (non-hydrogen) atoms. The second kappa shape index (κ2) is 8.57. The first-order valence-electron chi connectivity index (χ1n) is 10.1. The highest BCUT2D eigenvalue weighted by molar-refractivity contribution is 6.00. The standard InChI is InChI=1S/C23H25N5O2/c1-4-9-30-19-6-5-15(10-20(19)29-3)21-18-12-28(2)8-7-16(18)17(11-24)22(27)23(21,13-25)14-26/h5-7,10,17-18,21,27H,4,8-9,12H2,1-3H3/p+1/t17-,18+,21-/m1/s1. The zero-order valence-electron chi connectivity index (χ0n) is 17.5. The number of fused-ring (bicyclic) bond motifs is 1. The van der Waals surface area contributed by atoms with Crippen molar-refractivity contribution in [2.75, 3.05) is 33.9 Å². The van der Waals surface area contributed by atoms with Crippen molar-refractivity contribution in [1.82, 2.24) is 0 Å². The summed E-state index contributed by atoms with van der Waals surface area (Å²) in [4.78, 5) is 1.23. The third-order valence-electron chi connectivity index (χ3n) is 6.09. The molecule has 0 amide bonds. The van der Waals surface area contributed by atoms with Gasteiger partial charge in [-0.2, -0.15) is 15.8 Å². The largest absolute Gasteiger partial charge is 0.493 e. The van der Waals surface area contributed by atoms with Gasteiger partial charge in [0.25, 0.3) is 0 Å². The molecule has 0 spiro atoms. The third-order valence-corrected chi connectivity index (χ3v) is 6.09. The van der Waals surface area contributed by atoms with E-state index in [1.165, 1.54) is 4.90 Å². The molecule has 1 aromatic carbocycles. The van der Waals surface area contributed by atoms with Crippen LogP contribution in [0.2, 0.25) is 0 Å². The van der Waals surface area contributed by atoms with Gasteiger partial charge >= 0.3 is 0 Å². The molecule has 0 radical (unpaired) electrons. The lowest BCUT2D eigenvalue weighted by Crippen LogP contribution is -3.10. The summed E-state index contributed by atoms with van der Waals surface area (Å²) in [5.74, 6) is -0.468. The Bertz CT molecular complexity index is 980. The summed E-state index contributed by atoms with van der Waals surface area (Å²) in [6.45, 7) is 4.01. The Labute approximate surface area is 177 Å². The number of hydrogen-bond acceptors (Lipinski definition) is 6. The second-order valence-electron chi connectivity index (χ2n) is 7.92. The molecule has 7 heteroatoms. The minimum Gasteiger partial charge on any atom is -0.493 e. The second-order valence-corrected chi connectivity index (χ2v) is 7.92. The summed E-state index contributed by atoms with van der Waals surface area (Å²) in [6.07, 6.45) is 2.87. The van der Waals surface area contributed by atoms with Crippen LogP contribution in [0.15, 0.2) is 29.8 Å². The van der Waals surface area contributed by atoms with E-state index < -0.39 is 17.3 Å². The smallest absolute Gasteiger partial charge is 0.189 e. The first-order valence-corrected chi connectivity index (χ1v) is 10.1. The summed E-state index contributed by atoms with van der Waals surface area (Å²) >= 11 is 0. The highest BCUT2D eigenvalue weighted by Gasteiger charge is 2.58. The molecule has 4 atom stereocenters. The van der Waals surface area contributed by atoms with E-state index in [1.807, 2.05) is 26.1 Å². The van der Waals surface area contributed by atoms with E-state index in [-0.39, 0.29) is 11.6 Å². The normalized spacial score (nSPS) is 26.9. The highest BCUT2D eigenvalue weighted by Crippen LogP contribution is 2.53. The number of methoxy groups -OCH3 is 1. The van der Waals surface area contributed by atoms with Gasteiger partial charge in [-0.1, -0.05) is 13.0 Å². The van der Waals surface area contributed by atoms with Crippen LogP contribution in [0.1, 0.15) is 24.8 Å². The topological polar surface area (TPSA) is 118 Å². The average molecular weight is 404 g/mol. The van der Waals surface area contributed by atoms with E-state index in [9.17, 15) is 15.8 Å². The lowest BCUT2D eigenvalue weighted by Gasteiger charge is -2.46. The van der Waals surface area contributed by atoms with Gasteiger partial charge in [-0.15, -0.1) is 0 Å². The van der Waals surface area contributed by atoms with Crippen LogP contribution >= 0.6 is 0 Å². The maximum absolute atomic E-state index is 10.1. The lowest BCUT2D eigenvalue weighted by molar-refractivity contribution is -0.878. The van der Waals surface area contributed by atoms with Crippen molar-refractivity contribution in [3.63, 3.8) is 0 Å². The molecule has 0 aromatic heterocycles. The SMILES string of the molecule is CCCOc1ccc([C@@H]2[C@H]3C[NH+](C)CC=C3[C@@H](C#N)C(=N)C2(C#N)C#N)cc1OC. The molecule has 7 nitrogen and oxygen atoms in total. The first kappa shape index (κ1) is 21.4. The van der Waals surface area contributed by atoms with E-state index in [0.717, 1.165) is 24.1 Å². The van der Waals surface area contributed by atoms with Gasteiger partial charge in [0.05, 0.1) is 57.8 Å². The Hall–Kier alpha value is -3.34. The molecule has 1 aromatic rings. The number of ether oxygens (including phenoxy) is 2. The fourth-order valence-electron chi connectivity index (χ4n) is 4.64. The predicted molar refractivity (Wildman–Crippen MR) is 110 cm³/mol. The monoisotopic (exact) mass is 404 g/mol. The maximum atomic E-state index is 10.1. The summed E-state index contributed by atoms with van der Waals surface area (Å²) in [7, 11) is 3.60. The minimum atomic E-state index is -1.71. The number of hydrogen-bond donors (Lipinski definition) is 2. The van der Waals surface area contributed by atoms with Gasteiger partial charge in [0.2, 0.25) is 0 Å². The van der Waals surface area contributed by atoms with Crippen molar-refractivity contribution >= 4 is 5.71 Å². The fraction of sp³-hybridized carbons (Fsp3) is 0.478. The molecule has 1 fully saturated rings. The number of rotatable bonds is 5. The molecule has 1 heterocycles. The van der Waals surface area contributed by atoms with Crippen LogP contribution in [0.3, 0.4) is 0 Å². The minimum absolute atomic E-state index is 0.132. The van der Waals surface area contributed by atoms with Gasteiger partial charge in [0.15, 0.2) is 16.9 Å². The summed E-state index contributed by atoms with van der Waals surface area (Å²) in [5.41, 5.74) is -0.251. The van der Waals surface area contributed by atoms with Crippen molar-refractivity contribution in [1.29, 1.82) is 21.2 Å². The van der Waals surface area contributed by atoms with Gasteiger partial charge < -0.3 is 19.8 Å². The molecular weight excluding hydrogens is 378 g/mol. The lowest BCUT2D eigenvalue weighted by atomic mass is 9.54. The molecule has 1 saturated carbocycles. The van der Waals surface area contributed by atoms with Crippen LogP contribution in [0.25, 0.3) is 0 Å². The number of quaternary nitrogens is 1. The summed E-state index contributed by atoms with van der Waals surface area (Å²) in [6, 6.07) is 11.9. The van der Waals surface area contributed by atoms with Crippen molar-refractivity contribution in [3.8, 4) is 29.7 Å². The zero-order chi connectivity index (χ0) is 21.9. The maximum Gasteiger partial charge on any atom is 0.189 e. The molecule has 2 N–H and O–H groups in total. The number of nitriles is 3. The van der Waals surface area contributed by atoms with Crippen LogP contribution in [0.4, 0.5) is 0 Å². The van der Waals surface area contributed by atoms with E-state index >= 15 is 0 Å². The van der Waals surface area contributed by atoms with Gasteiger partial charge in [-0.25, -0.2) is 0 Å². The van der Waals surface area contributed by atoms with Gasteiger partial charge in [-0.3, -0.25) is 0 Å². The van der Waals surface area contributed by atoms with Crippen molar-refractivity contribution in [3.05, 3.63) is 35.4 Å². The van der Waals surface area contributed by atoms with Gasteiger partial charge in [0.1, 0.15) is 5.92 Å². The zero-order valence-corrected chi connectivity index (χ0v) is 17.5. The average Bonchev–Trinajstić information content (AvgIpc) is 2.77. The number of nitrogens with one attached hydrogen (secondary N) is 2. The van der Waals surface area contributed by atoms with Crippen molar-refractivity contribution in [2.45, 2.75) is 19.3 Å². The van der Waals surface area contributed by atoms with Gasteiger partial charge in [0, 0.05) is 11.8 Å². The molecule has 1 unspecified atom stereocenters. The van der Waals surface area contributed by atoms with Crippen LogP contribution in [0, 0.1) is 56.7 Å². The van der Waals surface area contributed by atoms with E-state index in [0.29, 0.717) is 24.7 Å². The fourth-order valence-corrected chi connectivity index (χ4v) is 4.64. The highest BCUT2D eigenvalue weighted by atomic mass is 16.5. The molecule has 1 aliphatic carbocycles. The summed E-state index contributed by atoms with van der Waals surface area (Å²) in [5, 5.41) is 38.6. The van der Waals surface area contributed by atoms with E-state index in [2.05, 4.69) is 18.2 Å². The molecule has 1 aliphatic heterocycles. The molecular formula is C23H26N5O2+. The number of nitrogens with zero attached hydrogens (tertiary/aromatic N) is 3. The molecule has 0 saturated heterocycles. The molecule has 154 valence electrons. The molecule has 2 aliphatic rings. The number of benzene rings is 1. The number of likely N-dealkylation sites (N-methyl/N-ethyl adjacent to an activating group) is 1. The molecule has 0 bridgehead atoms. The Kier molecular flexibility index (Phi) is 6.11. The predicted octanol–water partition coefficient (Wildman–Crippen LogP) is 1.85. The summed E-state index contributed by atoms with van der Waals surface area (Å²) < 4.78 is 11.3. The van der Waals surface area contributed by atoms with E-state index in [1.54, 1.807) is 19.2 Å². The Morgan fingerprint density at radius 3 is 2.57 bits per heavy atom. The van der Waals surface area contributed by atoms with Crippen LogP contribution in [-0.4, -0.2) is 39.6 Å². The third kappa shape index (κ3) is 3.30. The van der Waals surface area contributed by atoms with Crippen LogP contribution in [0.5, 0.6) is 11.5 Å². The first-order chi connectivity index (χ1) is 14.5. The van der Waals surface area contributed by atoms with E-state index in [4.69, 9.17) is 14.9 Å². The van der Waals surface area contributed by atoms with Crippen LogP contribution < -0.4 is 14.4 Å². The Balaban J connectivity index is 2.19. The molecule has 3 rings (SSSR count). The van der Waals surface area contributed by atoms with Gasteiger partial charge in [-0.05, 0) is 35.8 Å².